The summed E-state index contributed by atoms with van der Waals surface area (Å²) >= 11 is 6.01. The van der Waals surface area contributed by atoms with Gasteiger partial charge in [0.05, 0.1) is 20.1 Å². The second-order valence-corrected chi connectivity index (χ2v) is 5.39. The van der Waals surface area contributed by atoms with Crippen LogP contribution in [-0.4, -0.2) is 30.4 Å². The van der Waals surface area contributed by atoms with E-state index in [2.05, 4.69) is 0 Å². The van der Waals surface area contributed by atoms with Gasteiger partial charge in [-0.05, 0) is 18.6 Å². The number of carbonyl (C=O) groups is 1. The van der Waals surface area contributed by atoms with Gasteiger partial charge in [-0.15, -0.1) is 0 Å². The molecule has 1 atom stereocenters. The predicted octanol–water partition coefficient (Wildman–Crippen LogP) is 3.47. The minimum absolute atomic E-state index is 0.0540. The summed E-state index contributed by atoms with van der Waals surface area (Å²) in [5, 5.41) is 20.2. The highest BCUT2D eigenvalue weighted by Crippen LogP contribution is 2.37. The summed E-state index contributed by atoms with van der Waals surface area (Å²) in [6.45, 7) is 0. The molecule has 2 N–H and O–H groups in total. The lowest BCUT2D eigenvalue weighted by molar-refractivity contribution is -0.138. The third kappa shape index (κ3) is 3.68. The van der Waals surface area contributed by atoms with Gasteiger partial charge >= 0.3 is 5.97 Å². The highest BCUT2D eigenvalue weighted by Gasteiger charge is 2.25. The largest absolute Gasteiger partial charge is 0.504 e. The maximum atomic E-state index is 11.7. The van der Waals surface area contributed by atoms with Gasteiger partial charge in [0.2, 0.25) is 0 Å². The molecule has 2 aromatic carbocycles. The van der Waals surface area contributed by atoms with Crippen LogP contribution in [-0.2, 0) is 11.2 Å². The van der Waals surface area contributed by atoms with Crippen molar-refractivity contribution < 1.29 is 24.5 Å². The number of phenolic OH excluding ortho intramolecular Hbond substituents is 1. The van der Waals surface area contributed by atoms with E-state index in [1.165, 1.54) is 26.4 Å². The van der Waals surface area contributed by atoms with E-state index >= 15 is 0 Å². The number of aliphatic carboxylic acids is 1. The molecular formula is C17H17ClO5. The second-order valence-electron chi connectivity index (χ2n) is 4.95. The molecule has 0 saturated heterocycles. The molecule has 0 heterocycles. The molecular weight excluding hydrogens is 320 g/mol. The van der Waals surface area contributed by atoms with Crippen molar-refractivity contribution in [1.29, 1.82) is 0 Å². The highest BCUT2D eigenvalue weighted by molar-refractivity contribution is 6.30. The van der Waals surface area contributed by atoms with E-state index in [1.54, 1.807) is 24.3 Å². The molecule has 2 rings (SSSR count). The summed E-state index contributed by atoms with van der Waals surface area (Å²) < 4.78 is 10.3. The molecule has 0 aliphatic rings. The maximum Gasteiger partial charge on any atom is 0.311 e. The zero-order valence-electron chi connectivity index (χ0n) is 12.7. The van der Waals surface area contributed by atoms with Gasteiger partial charge in [0.25, 0.3) is 0 Å². The van der Waals surface area contributed by atoms with Crippen LogP contribution in [0.1, 0.15) is 17.0 Å². The lowest BCUT2D eigenvalue weighted by Gasteiger charge is -2.17. The second kappa shape index (κ2) is 7.24. The van der Waals surface area contributed by atoms with Crippen LogP contribution in [0, 0.1) is 0 Å². The number of carboxylic acids is 1. The standard InChI is InChI=1S/C17H17ClO5/c1-22-14-6-4-3-5-12(14)13(17(20)21)8-10-7-11(18)9-15(23-2)16(10)19/h3-7,9,13,19H,8H2,1-2H3,(H,20,21). The van der Waals surface area contributed by atoms with E-state index < -0.39 is 11.9 Å². The van der Waals surface area contributed by atoms with Crippen molar-refractivity contribution in [3.05, 3.63) is 52.5 Å². The Morgan fingerprint density at radius 1 is 1.17 bits per heavy atom. The number of carboxylic acid groups (broad SMARTS) is 1. The van der Waals surface area contributed by atoms with Crippen LogP contribution in [0.2, 0.25) is 5.02 Å². The Morgan fingerprint density at radius 2 is 1.83 bits per heavy atom. The molecule has 0 fully saturated rings. The number of methoxy groups -OCH3 is 2. The third-order valence-electron chi connectivity index (χ3n) is 3.58. The zero-order chi connectivity index (χ0) is 17.0. The molecule has 1 unspecified atom stereocenters. The first kappa shape index (κ1) is 17.0. The molecule has 0 aliphatic carbocycles. The first-order chi connectivity index (χ1) is 11.0. The van der Waals surface area contributed by atoms with Crippen LogP contribution in [0.5, 0.6) is 17.2 Å². The van der Waals surface area contributed by atoms with Crippen LogP contribution in [0.25, 0.3) is 0 Å². The van der Waals surface area contributed by atoms with E-state index in [4.69, 9.17) is 21.1 Å². The number of hydrogen-bond donors (Lipinski definition) is 2. The summed E-state index contributed by atoms with van der Waals surface area (Å²) in [6, 6.07) is 9.90. The van der Waals surface area contributed by atoms with Crippen molar-refractivity contribution in [2.75, 3.05) is 14.2 Å². The number of benzene rings is 2. The first-order valence-corrected chi connectivity index (χ1v) is 7.26. The predicted molar refractivity (Wildman–Crippen MR) is 86.7 cm³/mol. The first-order valence-electron chi connectivity index (χ1n) is 6.89. The van der Waals surface area contributed by atoms with E-state index in [0.717, 1.165) is 0 Å². The van der Waals surface area contributed by atoms with Crippen LogP contribution >= 0.6 is 11.6 Å². The molecule has 0 bridgehead atoms. The molecule has 0 aliphatic heterocycles. The maximum absolute atomic E-state index is 11.7. The van der Waals surface area contributed by atoms with Gasteiger partial charge in [-0.1, -0.05) is 29.8 Å². The monoisotopic (exact) mass is 336 g/mol. The molecule has 23 heavy (non-hydrogen) atoms. The molecule has 122 valence electrons. The molecule has 5 nitrogen and oxygen atoms in total. The van der Waals surface area contributed by atoms with Crippen molar-refractivity contribution in [2.24, 2.45) is 0 Å². The average Bonchev–Trinajstić information content (AvgIpc) is 2.54. The average molecular weight is 337 g/mol. The Morgan fingerprint density at radius 3 is 2.43 bits per heavy atom. The van der Waals surface area contributed by atoms with Gasteiger partial charge in [0.1, 0.15) is 5.75 Å². The van der Waals surface area contributed by atoms with Crippen molar-refractivity contribution in [2.45, 2.75) is 12.3 Å². The zero-order valence-corrected chi connectivity index (χ0v) is 13.5. The van der Waals surface area contributed by atoms with E-state index in [9.17, 15) is 15.0 Å². The fraction of sp³-hybridized carbons (Fsp3) is 0.235. The number of rotatable bonds is 6. The Balaban J connectivity index is 2.46. The van der Waals surface area contributed by atoms with Crippen LogP contribution in [0.3, 0.4) is 0 Å². The van der Waals surface area contributed by atoms with Gasteiger partial charge in [-0.3, -0.25) is 4.79 Å². The Hall–Kier alpha value is -2.40. The van der Waals surface area contributed by atoms with Crippen molar-refractivity contribution in [3.8, 4) is 17.2 Å². The van der Waals surface area contributed by atoms with Crippen LogP contribution < -0.4 is 9.47 Å². The number of aromatic hydroxyl groups is 1. The molecule has 0 radical (unpaired) electrons. The summed E-state index contributed by atoms with van der Waals surface area (Å²) in [6.07, 6.45) is 0.0540. The van der Waals surface area contributed by atoms with Gasteiger partial charge in [-0.2, -0.15) is 0 Å². The van der Waals surface area contributed by atoms with Crippen LogP contribution in [0.4, 0.5) is 0 Å². The molecule has 6 heteroatoms. The van der Waals surface area contributed by atoms with Gasteiger partial charge in [-0.25, -0.2) is 0 Å². The summed E-state index contributed by atoms with van der Waals surface area (Å²) in [5.41, 5.74) is 0.925. The smallest absolute Gasteiger partial charge is 0.311 e. The number of hydrogen-bond acceptors (Lipinski definition) is 4. The van der Waals surface area contributed by atoms with E-state index in [0.29, 0.717) is 21.9 Å². The van der Waals surface area contributed by atoms with Gasteiger partial charge in [0, 0.05) is 22.2 Å². The molecule has 0 amide bonds. The van der Waals surface area contributed by atoms with Crippen molar-refractivity contribution >= 4 is 17.6 Å². The highest BCUT2D eigenvalue weighted by atomic mass is 35.5. The fourth-order valence-electron chi connectivity index (χ4n) is 2.44. The third-order valence-corrected chi connectivity index (χ3v) is 3.79. The molecule has 0 saturated carbocycles. The Bertz CT molecular complexity index is 714. The van der Waals surface area contributed by atoms with E-state index in [1.807, 2.05) is 0 Å². The number of para-hydroxylation sites is 1. The minimum Gasteiger partial charge on any atom is -0.504 e. The van der Waals surface area contributed by atoms with Gasteiger partial charge < -0.3 is 19.7 Å². The summed E-state index contributed by atoms with van der Waals surface area (Å²) in [4.78, 5) is 11.7. The lowest BCUT2D eigenvalue weighted by Crippen LogP contribution is -2.15. The summed E-state index contributed by atoms with van der Waals surface area (Å²) in [7, 11) is 2.89. The fourth-order valence-corrected chi connectivity index (χ4v) is 2.67. The Labute approximate surface area is 139 Å². The van der Waals surface area contributed by atoms with Crippen molar-refractivity contribution in [3.63, 3.8) is 0 Å². The SMILES string of the molecule is COc1ccccc1C(Cc1cc(Cl)cc(OC)c1O)C(=O)O. The quantitative estimate of drug-likeness (QED) is 0.844. The summed E-state index contributed by atoms with van der Waals surface area (Å²) in [5.74, 6) is -1.34. The van der Waals surface area contributed by atoms with E-state index in [-0.39, 0.29) is 17.9 Å². The number of ether oxygens (including phenoxy) is 2. The number of phenols is 1. The van der Waals surface area contributed by atoms with Gasteiger partial charge in [0.15, 0.2) is 11.5 Å². The Kier molecular flexibility index (Phi) is 5.34. The molecule has 0 spiro atoms. The molecule has 2 aromatic rings. The van der Waals surface area contributed by atoms with Crippen LogP contribution in [0.15, 0.2) is 36.4 Å². The van der Waals surface area contributed by atoms with Crippen molar-refractivity contribution in [1.82, 2.24) is 0 Å². The normalized spacial score (nSPS) is 11.8. The lowest BCUT2D eigenvalue weighted by atomic mass is 9.91. The minimum atomic E-state index is -1.02. The topological polar surface area (TPSA) is 76.0 Å². The number of halogens is 1. The molecule has 0 aromatic heterocycles.